The Morgan fingerprint density at radius 2 is 1.86 bits per heavy atom. The van der Waals surface area contributed by atoms with Gasteiger partial charge in [-0.15, -0.1) is 0 Å². The lowest BCUT2D eigenvalue weighted by Crippen LogP contribution is -2.44. The summed E-state index contributed by atoms with van der Waals surface area (Å²) in [4.78, 5) is 12.5. The smallest absolute Gasteiger partial charge is 0.338 e. The first-order chi connectivity index (χ1) is 9.81. The minimum atomic E-state index is -0.740. The van der Waals surface area contributed by atoms with Crippen LogP contribution in [0.25, 0.3) is 0 Å². The maximum Gasteiger partial charge on any atom is 0.338 e. The Bertz CT molecular complexity index is 352. The van der Waals surface area contributed by atoms with E-state index in [-0.39, 0.29) is 12.1 Å². The zero-order valence-corrected chi connectivity index (χ0v) is 13.7. The van der Waals surface area contributed by atoms with Crippen molar-refractivity contribution in [1.29, 1.82) is 0 Å². The van der Waals surface area contributed by atoms with E-state index in [1.54, 1.807) is 0 Å². The minimum Gasteiger partial charge on any atom is -0.458 e. The fraction of sp³-hybridized carbons (Fsp3) is 0.941. The zero-order chi connectivity index (χ0) is 15.5. The zero-order valence-electron chi connectivity index (χ0n) is 13.7. The Balaban J connectivity index is 1.93. The molecule has 2 fully saturated rings. The molecule has 0 aromatic rings. The van der Waals surface area contributed by atoms with E-state index in [2.05, 4.69) is 0 Å². The Morgan fingerprint density at radius 3 is 2.43 bits per heavy atom. The molecule has 0 heterocycles. The van der Waals surface area contributed by atoms with Gasteiger partial charge in [-0.3, -0.25) is 0 Å². The molecule has 2 rings (SSSR count). The van der Waals surface area contributed by atoms with Gasteiger partial charge in [-0.25, -0.2) is 4.79 Å². The lowest BCUT2D eigenvalue weighted by Gasteiger charge is -2.34. The maximum absolute atomic E-state index is 12.5. The lowest BCUT2D eigenvalue weighted by atomic mass is 9.87. The van der Waals surface area contributed by atoms with Crippen molar-refractivity contribution in [3.05, 3.63) is 0 Å². The fourth-order valence-corrected chi connectivity index (χ4v) is 3.42. The Hall–Kier alpha value is -0.610. The summed E-state index contributed by atoms with van der Waals surface area (Å²) in [6.45, 7) is 6.25. The maximum atomic E-state index is 12.5. The van der Waals surface area contributed by atoms with Crippen molar-refractivity contribution in [2.75, 3.05) is 6.61 Å². The Kier molecular flexibility index (Phi) is 5.31. The molecule has 2 saturated carbocycles. The average molecular weight is 298 g/mol. The first-order valence-electron chi connectivity index (χ1n) is 8.36. The van der Waals surface area contributed by atoms with Crippen LogP contribution in [0.4, 0.5) is 0 Å². The highest BCUT2D eigenvalue weighted by Crippen LogP contribution is 2.37. The summed E-state index contributed by atoms with van der Waals surface area (Å²) in [5.74, 6) is 0.164. The van der Waals surface area contributed by atoms with Crippen LogP contribution in [-0.2, 0) is 14.3 Å². The summed E-state index contributed by atoms with van der Waals surface area (Å²) < 4.78 is 11.7. The van der Waals surface area contributed by atoms with Crippen LogP contribution >= 0.6 is 0 Å². The number of carbonyl (C=O) groups is 1. The van der Waals surface area contributed by atoms with E-state index >= 15 is 0 Å². The van der Waals surface area contributed by atoms with Crippen LogP contribution in [0.15, 0.2) is 0 Å². The number of hydrogen-bond donors (Lipinski definition) is 1. The van der Waals surface area contributed by atoms with Crippen molar-refractivity contribution in [2.45, 2.75) is 89.4 Å². The van der Waals surface area contributed by atoms with Crippen LogP contribution < -0.4 is 0 Å². The molecule has 0 aromatic carbocycles. The van der Waals surface area contributed by atoms with Gasteiger partial charge in [0, 0.05) is 0 Å². The van der Waals surface area contributed by atoms with Crippen LogP contribution in [0.1, 0.15) is 72.1 Å². The third-order valence-electron chi connectivity index (χ3n) is 4.53. The molecule has 0 aromatic heterocycles. The van der Waals surface area contributed by atoms with Gasteiger partial charge in [0.15, 0.2) is 5.60 Å². The molecule has 2 aliphatic carbocycles. The van der Waals surface area contributed by atoms with Crippen molar-refractivity contribution in [2.24, 2.45) is 5.92 Å². The second-order valence-electron chi connectivity index (χ2n) is 7.70. The van der Waals surface area contributed by atoms with Gasteiger partial charge in [0.2, 0.25) is 0 Å². The van der Waals surface area contributed by atoms with Crippen molar-refractivity contribution >= 4 is 5.97 Å². The van der Waals surface area contributed by atoms with Gasteiger partial charge in [0.05, 0.1) is 12.7 Å². The normalized spacial score (nSPS) is 29.3. The van der Waals surface area contributed by atoms with E-state index in [0.29, 0.717) is 12.5 Å². The van der Waals surface area contributed by atoms with E-state index in [4.69, 9.17) is 9.47 Å². The summed E-state index contributed by atoms with van der Waals surface area (Å²) in [6.07, 6.45) is 7.19. The van der Waals surface area contributed by atoms with Gasteiger partial charge >= 0.3 is 5.97 Å². The van der Waals surface area contributed by atoms with E-state index in [1.165, 1.54) is 0 Å². The second kappa shape index (κ2) is 6.66. The molecule has 4 heteroatoms. The van der Waals surface area contributed by atoms with Crippen LogP contribution in [0, 0.1) is 5.92 Å². The summed E-state index contributed by atoms with van der Waals surface area (Å²) in [7, 11) is 0. The van der Waals surface area contributed by atoms with E-state index < -0.39 is 11.2 Å². The van der Waals surface area contributed by atoms with Gasteiger partial charge in [-0.05, 0) is 71.6 Å². The van der Waals surface area contributed by atoms with E-state index in [9.17, 15) is 9.90 Å². The summed E-state index contributed by atoms with van der Waals surface area (Å²) in [6, 6.07) is 0. The predicted octanol–water partition coefficient (Wildman–Crippen LogP) is 3.21. The molecule has 2 aliphatic rings. The Labute approximate surface area is 128 Å². The molecule has 0 bridgehead atoms. The predicted molar refractivity (Wildman–Crippen MR) is 81.0 cm³/mol. The third-order valence-corrected chi connectivity index (χ3v) is 4.53. The first-order valence-corrected chi connectivity index (χ1v) is 8.36. The largest absolute Gasteiger partial charge is 0.458 e. The molecule has 0 amide bonds. The van der Waals surface area contributed by atoms with Crippen LogP contribution in [0.3, 0.4) is 0 Å². The molecule has 4 nitrogen and oxygen atoms in total. The fourth-order valence-electron chi connectivity index (χ4n) is 3.42. The molecule has 21 heavy (non-hydrogen) atoms. The van der Waals surface area contributed by atoms with Crippen LogP contribution in [0.2, 0.25) is 0 Å². The lowest BCUT2D eigenvalue weighted by molar-refractivity contribution is -0.185. The van der Waals surface area contributed by atoms with Gasteiger partial charge in [0.25, 0.3) is 0 Å². The number of rotatable bonds is 4. The monoisotopic (exact) mass is 298 g/mol. The number of carbonyl (C=O) groups excluding carboxylic acids is 1. The molecular formula is C17H30O4. The first kappa shape index (κ1) is 16.8. The van der Waals surface area contributed by atoms with Gasteiger partial charge < -0.3 is 14.6 Å². The Morgan fingerprint density at radius 1 is 1.19 bits per heavy atom. The van der Waals surface area contributed by atoms with Gasteiger partial charge in [-0.1, -0.05) is 6.42 Å². The molecule has 1 N–H and O–H groups in total. The molecular weight excluding hydrogens is 268 g/mol. The van der Waals surface area contributed by atoms with Crippen molar-refractivity contribution in [3.8, 4) is 0 Å². The van der Waals surface area contributed by atoms with Gasteiger partial charge in [-0.2, -0.15) is 0 Å². The molecule has 0 radical (unpaired) electrons. The van der Waals surface area contributed by atoms with Gasteiger partial charge in [0.1, 0.15) is 5.60 Å². The van der Waals surface area contributed by atoms with E-state index in [1.807, 2.05) is 20.8 Å². The number of aliphatic hydroxyl groups excluding tert-OH is 1. The minimum absolute atomic E-state index is 0.201. The average Bonchev–Trinajstić information content (AvgIpc) is 2.84. The van der Waals surface area contributed by atoms with E-state index in [0.717, 1.165) is 51.4 Å². The standard InChI is InChI=1S/C17H30O4/c1-16(2,3)21-15(19)17(9-4-5-10-17)20-12-13-7-6-8-14(18)11-13/h13-14,18H,4-12H2,1-3H3/t13-,14+/m1/s1. The van der Waals surface area contributed by atoms with Crippen molar-refractivity contribution in [3.63, 3.8) is 0 Å². The third kappa shape index (κ3) is 4.68. The van der Waals surface area contributed by atoms with Crippen molar-refractivity contribution in [1.82, 2.24) is 0 Å². The molecule has 0 spiro atoms. The molecule has 2 atom stereocenters. The topological polar surface area (TPSA) is 55.8 Å². The molecule has 0 saturated heterocycles. The number of ether oxygens (including phenoxy) is 2. The van der Waals surface area contributed by atoms with Crippen LogP contribution in [0.5, 0.6) is 0 Å². The highest BCUT2D eigenvalue weighted by atomic mass is 16.6. The summed E-state index contributed by atoms with van der Waals surface area (Å²) in [5.41, 5.74) is -1.22. The molecule has 122 valence electrons. The van der Waals surface area contributed by atoms with Crippen molar-refractivity contribution < 1.29 is 19.4 Å². The summed E-state index contributed by atoms with van der Waals surface area (Å²) in [5, 5.41) is 9.75. The quantitative estimate of drug-likeness (QED) is 0.810. The molecule has 0 aliphatic heterocycles. The highest BCUT2D eigenvalue weighted by Gasteiger charge is 2.45. The number of hydrogen-bond acceptors (Lipinski definition) is 4. The number of aliphatic hydroxyl groups is 1. The SMILES string of the molecule is CC(C)(C)OC(=O)C1(OC[C@@H]2CCC[C@H](O)C2)CCCC1. The highest BCUT2D eigenvalue weighted by molar-refractivity contribution is 5.80. The summed E-state index contributed by atoms with van der Waals surface area (Å²) >= 11 is 0. The van der Waals surface area contributed by atoms with Crippen LogP contribution in [-0.4, -0.2) is 35.0 Å². The number of esters is 1. The molecule has 0 unspecified atom stereocenters. The second-order valence-corrected chi connectivity index (χ2v) is 7.70.